The molecule has 0 N–H and O–H groups in total. The highest BCUT2D eigenvalue weighted by molar-refractivity contribution is 8.00. The predicted molar refractivity (Wildman–Crippen MR) is 70.7 cm³/mol. The molecule has 3 nitrogen and oxygen atoms in total. The molecule has 0 fully saturated rings. The minimum atomic E-state index is -4.52. The smallest absolute Gasteiger partial charge is 0.446 e. The third-order valence-corrected chi connectivity index (χ3v) is 3.24. The summed E-state index contributed by atoms with van der Waals surface area (Å²) in [7, 11) is 0. The van der Waals surface area contributed by atoms with E-state index >= 15 is 0 Å². The quantitative estimate of drug-likeness (QED) is 0.523. The van der Waals surface area contributed by atoms with Gasteiger partial charge in [-0.25, -0.2) is 0 Å². The largest absolute Gasteiger partial charge is 0.466 e. The third kappa shape index (κ3) is 4.98. The fourth-order valence-electron chi connectivity index (χ4n) is 1.49. The molecular weight excluding hydrogens is 311 g/mol. The molecule has 0 unspecified atom stereocenters. The lowest BCUT2D eigenvalue weighted by Crippen LogP contribution is -2.11. The lowest BCUT2D eigenvalue weighted by atomic mass is 10.1. The molecular formula is C12H10F3NO2S2. The van der Waals surface area contributed by atoms with Crippen molar-refractivity contribution in [1.29, 1.82) is 5.26 Å². The molecule has 0 radical (unpaired) electrons. The Kier molecular flexibility index (Phi) is 5.77. The van der Waals surface area contributed by atoms with Crippen molar-refractivity contribution in [3.63, 3.8) is 0 Å². The molecule has 0 spiro atoms. The van der Waals surface area contributed by atoms with E-state index < -0.39 is 11.5 Å². The summed E-state index contributed by atoms with van der Waals surface area (Å²) in [6.45, 7) is 1.71. The molecule has 0 aliphatic carbocycles. The molecule has 20 heavy (non-hydrogen) atoms. The minimum Gasteiger partial charge on any atom is -0.466 e. The van der Waals surface area contributed by atoms with Crippen LogP contribution in [-0.4, -0.2) is 18.1 Å². The van der Waals surface area contributed by atoms with Crippen LogP contribution >= 0.6 is 24.4 Å². The van der Waals surface area contributed by atoms with Crippen LogP contribution in [0.3, 0.4) is 0 Å². The van der Waals surface area contributed by atoms with Gasteiger partial charge in [0.25, 0.3) is 0 Å². The molecule has 1 aromatic rings. The van der Waals surface area contributed by atoms with Crippen molar-refractivity contribution in [2.75, 3.05) is 6.61 Å². The topological polar surface area (TPSA) is 50.1 Å². The fourth-order valence-corrected chi connectivity index (χ4v) is 2.57. The molecule has 0 aliphatic rings. The minimum absolute atomic E-state index is 0.00562. The zero-order valence-corrected chi connectivity index (χ0v) is 12.0. The predicted octanol–water partition coefficient (Wildman–Crippen LogP) is 3.56. The first kappa shape index (κ1) is 16.7. The first-order chi connectivity index (χ1) is 9.26. The van der Waals surface area contributed by atoms with E-state index in [1.54, 1.807) is 13.0 Å². The standard InChI is InChI=1S/C12H10F3NO2S2/c1-2-18-11(17)5-9-7(6-16)3-8(19)4-10(9)20-12(13,14)15/h3-4,19H,2,5H2,1H3. The van der Waals surface area contributed by atoms with Crippen molar-refractivity contribution >= 4 is 30.4 Å². The second-order valence-corrected chi connectivity index (χ2v) is 5.23. The normalized spacial score (nSPS) is 11.0. The summed E-state index contributed by atoms with van der Waals surface area (Å²) in [4.78, 5) is 11.5. The average molecular weight is 321 g/mol. The zero-order valence-electron chi connectivity index (χ0n) is 10.3. The highest BCUT2D eigenvalue weighted by Crippen LogP contribution is 2.40. The summed E-state index contributed by atoms with van der Waals surface area (Å²) in [6.07, 6.45) is -0.386. The number of esters is 1. The van der Waals surface area contributed by atoms with Crippen molar-refractivity contribution in [2.45, 2.75) is 28.6 Å². The van der Waals surface area contributed by atoms with Gasteiger partial charge in [0, 0.05) is 9.79 Å². The van der Waals surface area contributed by atoms with Gasteiger partial charge in [0.15, 0.2) is 0 Å². The van der Waals surface area contributed by atoms with Crippen LogP contribution < -0.4 is 0 Å². The number of benzene rings is 1. The van der Waals surface area contributed by atoms with E-state index in [1.807, 2.05) is 0 Å². The van der Waals surface area contributed by atoms with E-state index in [4.69, 9.17) is 10.00 Å². The van der Waals surface area contributed by atoms with Gasteiger partial charge in [0.2, 0.25) is 0 Å². The highest BCUT2D eigenvalue weighted by atomic mass is 32.2. The van der Waals surface area contributed by atoms with Crippen molar-refractivity contribution in [3.8, 4) is 6.07 Å². The van der Waals surface area contributed by atoms with Gasteiger partial charge in [0.05, 0.1) is 24.7 Å². The summed E-state index contributed by atoms with van der Waals surface area (Å²) in [5.74, 6) is -0.681. The van der Waals surface area contributed by atoms with Crippen molar-refractivity contribution in [3.05, 3.63) is 23.3 Å². The number of halogens is 3. The van der Waals surface area contributed by atoms with E-state index in [2.05, 4.69) is 12.6 Å². The number of alkyl halides is 3. The molecule has 0 bridgehead atoms. The molecule has 0 aromatic heterocycles. The number of nitriles is 1. The zero-order chi connectivity index (χ0) is 15.3. The Balaban J connectivity index is 3.23. The maximum Gasteiger partial charge on any atom is 0.446 e. The summed E-state index contributed by atoms with van der Waals surface area (Å²) in [5.41, 5.74) is -4.53. The Hall–Kier alpha value is -1.33. The van der Waals surface area contributed by atoms with E-state index in [-0.39, 0.29) is 45.7 Å². The number of carbonyl (C=O) groups is 1. The number of nitrogens with zero attached hydrogens (tertiary/aromatic N) is 1. The molecule has 0 saturated heterocycles. The molecule has 0 saturated carbocycles. The van der Waals surface area contributed by atoms with Gasteiger partial charge in [0.1, 0.15) is 0 Å². The number of thioether (sulfide) groups is 1. The molecule has 0 aliphatic heterocycles. The molecule has 108 valence electrons. The second kappa shape index (κ2) is 6.90. The maximum absolute atomic E-state index is 12.5. The van der Waals surface area contributed by atoms with Crippen molar-refractivity contribution in [2.24, 2.45) is 0 Å². The number of hydrogen-bond acceptors (Lipinski definition) is 5. The van der Waals surface area contributed by atoms with E-state index in [1.165, 1.54) is 12.1 Å². The summed E-state index contributed by atoms with van der Waals surface area (Å²) in [6, 6.07) is 4.27. The first-order valence-corrected chi connectivity index (χ1v) is 6.70. The lowest BCUT2D eigenvalue weighted by molar-refractivity contribution is -0.142. The SMILES string of the molecule is CCOC(=O)Cc1c(C#N)cc(S)cc1SC(F)(F)F. The molecule has 8 heteroatoms. The Morgan fingerprint density at radius 3 is 2.65 bits per heavy atom. The molecule has 0 heterocycles. The van der Waals surface area contributed by atoms with Crippen LogP contribution in [-0.2, 0) is 16.0 Å². The second-order valence-electron chi connectivity index (χ2n) is 3.61. The molecule has 1 aromatic carbocycles. The van der Waals surface area contributed by atoms with Gasteiger partial charge in [-0.3, -0.25) is 4.79 Å². The average Bonchev–Trinajstić information content (AvgIpc) is 2.30. The number of hydrogen-bond donors (Lipinski definition) is 1. The Morgan fingerprint density at radius 1 is 1.50 bits per heavy atom. The van der Waals surface area contributed by atoms with Crippen molar-refractivity contribution < 1.29 is 22.7 Å². The number of thiol groups is 1. The van der Waals surface area contributed by atoms with Crippen LogP contribution in [0.15, 0.2) is 21.9 Å². The Labute approximate surface area is 123 Å². The van der Waals surface area contributed by atoms with Crippen LogP contribution in [0.4, 0.5) is 13.2 Å². The number of rotatable bonds is 4. The number of ether oxygens (including phenoxy) is 1. The third-order valence-electron chi connectivity index (χ3n) is 2.17. The Morgan fingerprint density at radius 2 is 2.15 bits per heavy atom. The van der Waals surface area contributed by atoms with Gasteiger partial charge in [-0.2, -0.15) is 18.4 Å². The van der Waals surface area contributed by atoms with Crippen LogP contribution in [0.5, 0.6) is 0 Å². The summed E-state index contributed by atoms with van der Waals surface area (Å²) in [5, 5.41) is 8.98. The Bertz CT molecular complexity index is 553. The molecule has 1 rings (SSSR count). The van der Waals surface area contributed by atoms with Crippen LogP contribution in [0.1, 0.15) is 18.1 Å². The van der Waals surface area contributed by atoms with Gasteiger partial charge < -0.3 is 4.74 Å². The van der Waals surface area contributed by atoms with Gasteiger partial charge in [-0.05, 0) is 36.4 Å². The van der Waals surface area contributed by atoms with E-state index in [0.717, 1.165) is 0 Å². The van der Waals surface area contributed by atoms with Crippen LogP contribution in [0, 0.1) is 11.3 Å². The highest BCUT2D eigenvalue weighted by Gasteiger charge is 2.31. The first-order valence-electron chi connectivity index (χ1n) is 5.44. The monoisotopic (exact) mass is 321 g/mol. The summed E-state index contributed by atoms with van der Waals surface area (Å²) < 4.78 is 42.2. The van der Waals surface area contributed by atoms with Crippen molar-refractivity contribution in [1.82, 2.24) is 0 Å². The van der Waals surface area contributed by atoms with Gasteiger partial charge in [-0.15, -0.1) is 12.6 Å². The van der Waals surface area contributed by atoms with E-state index in [9.17, 15) is 18.0 Å². The lowest BCUT2D eigenvalue weighted by Gasteiger charge is -2.13. The molecule has 0 atom stereocenters. The fraction of sp³-hybridized carbons (Fsp3) is 0.333. The van der Waals surface area contributed by atoms with Gasteiger partial charge in [-0.1, -0.05) is 0 Å². The van der Waals surface area contributed by atoms with E-state index in [0.29, 0.717) is 0 Å². The molecule has 0 amide bonds. The van der Waals surface area contributed by atoms with Crippen LogP contribution in [0.2, 0.25) is 0 Å². The number of carbonyl (C=O) groups excluding carboxylic acids is 1. The van der Waals surface area contributed by atoms with Crippen LogP contribution in [0.25, 0.3) is 0 Å². The maximum atomic E-state index is 12.5. The summed E-state index contributed by atoms with van der Waals surface area (Å²) >= 11 is 3.58. The van der Waals surface area contributed by atoms with Gasteiger partial charge >= 0.3 is 11.5 Å².